The third-order valence-corrected chi connectivity index (χ3v) is 2.73. The van der Waals surface area contributed by atoms with Gasteiger partial charge in [-0.2, -0.15) is 9.97 Å². The molecule has 0 aromatic carbocycles. The summed E-state index contributed by atoms with van der Waals surface area (Å²) in [6.07, 6.45) is 4.01. The Balaban J connectivity index is 3.01. The largest absolute Gasteiger partial charge is 0.368 e. The van der Waals surface area contributed by atoms with Crippen molar-refractivity contribution < 1.29 is 0 Å². The van der Waals surface area contributed by atoms with Gasteiger partial charge in [-0.15, -0.1) is 0 Å². The van der Waals surface area contributed by atoms with Crippen molar-refractivity contribution in [1.82, 2.24) is 15.0 Å². The van der Waals surface area contributed by atoms with Crippen molar-refractivity contribution in [2.24, 2.45) is 0 Å². The van der Waals surface area contributed by atoms with Crippen LogP contribution in [-0.2, 0) is 0 Å². The molecule has 0 bridgehead atoms. The van der Waals surface area contributed by atoms with Gasteiger partial charge in [-0.25, -0.2) is 4.98 Å². The van der Waals surface area contributed by atoms with Crippen LogP contribution in [0.4, 0.5) is 5.95 Å². The third kappa shape index (κ3) is 2.57. The molecule has 0 fully saturated rings. The number of anilines is 1. The number of aromatic nitrogens is 3. The first-order valence-electron chi connectivity index (χ1n) is 4.76. The number of thioether (sulfide) groups is 1. The molecule has 4 nitrogen and oxygen atoms in total. The van der Waals surface area contributed by atoms with Crippen molar-refractivity contribution in [2.45, 2.75) is 37.8 Å². The second kappa shape index (κ2) is 5.14. The average molecular weight is 212 g/mol. The normalized spacial score (nSPS) is 10.9. The highest BCUT2D eigenvalue weighted by Gasteiger charge is 2.12. The fourth-order valence-electron chi connectivity index (χ4n) is 1.32. The highest BCUT2D eigenvalue weighted by Crippen LogP contribution is 2.21. The van der Waals surface area contributed by atoms with Crippen LogP contribution in [0.1, 0.15) is 38.4 Å². The van der Waals surface area contributed by atoms with E-state index in [2.05, 4.69) is 28.8 Å². The lowest BCUT2D eigenvalue weighted by atomic mass is 10.0. The first kappa shape index (κ1) is 11.2. The molecule has 1 aromatic rings. The number of nitrogens with two attached hydrogens (primary N) is 1. The number of hydrogen-bond acceptors (Lipinski definition) is 5. The molecule has 0 aliphatic carbocycles. The van der Waals surface area contributed by atoms with Gasteiger partial charge >= 0.3 is 0 Å². The molecule has 14 heavy (non-hydrogen) atoms. The van der Waals surface area contributed by atoms with E-state index in [1.54, 1.807) is 0 Å². The van der Waals surface area contributed by atoms with E-state index < -0.39 is 0 Å². The summed E-state index contributed by atoms with van der Waals surface area (Å²) in [5.41, 5.74) is 5.61. The van der Waals surface area contributed by atoms with Crippen LogP contribution in [0.3, 0.4) is 0 Å². The predicted octanol–water partition coefficient (Wildman–Crippen LogP) is 2.08. The maximum atomic E-state index is 5.61. The first-order chi connectivity index (χ1) is 6.71. The molecule has 1 rings (SSSR count). The summed E-state index contributed by atoms with van der Waals surface area (Å²) >= 11 is 1.49. The van der Waals surface area contributed by atoms with Gasteiger partial charge in [0, 0.05) is 5.92 Å². The van der Waals surface area contributed by atoms with Crippen LogP contribution in [0.15, 0.2) is 5.16 Å². The van der Waals surface area contributed by atoms with E-state index in [0.29, 0.717) is 17.0 Å². The zero-order valence-electron chi connectivity index (χ0n) is 8.82. The summed E-state index contributed by atoms with van der Waals surface area (Å²) in [4.78, 5) is 12.5. The van der Waals surface area contributed by atoms with E-state index in [1.165, 1.54) is 11.8 Å². The van der Waals surface area contributed by atoms with Crippen molar-refractivity contribution in [2.75, 3.05) is 12.0 Å². The molecule has 1 heterocycles. The molecule has 78 valence electrons. The van der Waals surface area contributed by atoms with Gasteiger partial charge in [0.2, 0.25) is 5.95 Å². The van der Waals surface area contributed by atoms with Crippen molar-refractivity contribution in [1.29, 1.82) is 0 Å². The minimum atomic E-state index is 0.325. The van der Waals surface area contributed by atoms with Crippen LogP contribution in [0.5, 0.6) is 0 Å². The molecule has 1 aromatic heterocycles. The first-order valence-corrected chi connectivity index (χ1v) is 5.99. The smallest absolute Gasteiger partial charge is 0.224 e. The summed E-state index contributed by atoms with van der Waals surface area (Å²) in [5, 5.41) is 0.708. The van der Waals surface area contributed by atoms with Crippen molar-refractivity contribution in [3.63, 3.8) is 0 Å². The van der Waals surface area contributed by atoms with Crippen LogP contribution >= 0.6 is 11.8 Å². The van der Waals surface area contributed by atoms with Gasteiger partial charge in [-0.1, -0.05) is 25.6 Å². The average Bonchev–Trinajstić information content (AvgIpc) is 2.19. The lowest BCUT2D eigenvalue weighted by Crippen LogP contribution is -2.08. The summed E-state index contributed by atoms with van der Waals surface area (Å²) in [5.74, 6) is 1.55. The van der Waals surface area contributed by atoms with Gasteiger partial charge in [0.1, 0.15) is 5.82 Å². The van der Waals surface area contributed by atoms with Gasteiger partial charge in [0.05, 0.1) is 0 Å². The topological polar surface area (TPSA) is 64.7 Å². The zero-order chi connectivity index (χ0) is 10.6. The second-order valence-electron chi connectivity index (χ2n) is 3.05. The minimum absolute atomic E-state index is 0.325. The molecule has 0 amide bonds. The van der Waals surface area contributed by atoms with Crippen LogP contribution < -0.4 is 5.73 Å². The Kier molecular flexibility index (Phi) is 4.13. The Bertz CT molecular complexity index is 299. The summed E-state index contributed by atoms with van der Waals surface area (Å²) in [6.45, 7) is 4.26. The quantitative estimate of drug-likeness (QED) is 0.774. The van der Waals surface area contributed by atoms with Crippen molar-refractivity contribution in [3.8, 4) is 0 Å². The number of nitrogens with zero attached hydrogens (tertiary/aromatic N) is 3. The number of rotatable bonds is 4. The Labute approximate surface area is 88.7 Å². The lowest BCUT2D eigenvalue weighted by molar-refractivity contribution is 0.588. The van der Waals surface area contributed by atoms with Gasteiger partial charge in [0.25, 0.3) is 0 Å². The highest BCUT2D eigenvalue weighted by atomic mass is 32.2. The van der Waals surface area contributed by atoms with E-state index in [9.17, 15) is 0 Å². The van der Waals surface area contributed by atoms with Crippen molar-refractivity contribution >= 4 is 17.7 Å². The maximum Gasteiger partial charge on any atom is 0.224 e. The van der Waals surface area contributed by atoms with Gasteiger partial charge in [-0.05, 0) is 19.1 Å². The van der Waals surface area contributed by atoms with Crippen LogP contribution in [0, 0.1) is 0 Å². The van der Waals surface area contributed by atoms with E-state index in [1.807, 2.05) is 6.26 Å². The molecule has 5 heteroatoms. The Morgan fingerprint density at radius 2 is 1.86 bits per heavy atom. The molecule has 0 saturated carbocycles. The Morgan fingerprint density at radius 1 is 1.21 bits per heavy atom. The van der Waals surface area contributed by atoms with E-state index in [4.69, 9.17) is 5.73 Å². The van der Waals surface area contributed by atoms with E-state index >= 15 is 0 Å². The Hall–Kier alpha value is -0.840. The maximum absolute atomic E-state index is 5.61. The van der Waals surface area contributed by atoms with E-state index in [-0.39, 0.29) is 0 Å². The molecule has 0 saturated heterocycles. The number of nitrogen functional groups attached to an aromatic ring is 1. The third-order valence-electron chi connectivity index (χ3n) is 2.18. The molecule has 2 N–H and O–H groups in total. The monoisotopic (exact) mass is 212 g/mol. The molecule has 0 spiro atoms. The predicted molar refractivity (Wildman–Crippen MR) is 59.3 cm³/mol. The van der Waals surface area contributed by atoms with Gasteiger partial charge in [0.15, 0.2) is 5.16 Å². The zero-order valence-corrected chi connectivity index (χ0v) is 9.64. The van der Waals surface area contributed by atoms with Crippen LogP contribution in [0.25, 0.3) is 0 Å². The number of hydrogen-bond donors (Lipinski definition) is 1. The second-order valence-corrected chi connectivity index (χ2v) is 3.83. The van der Waals surface area contributed by atoms with Crippen LogP contribution in [0.2, 0.25) is 0 Å². The fourth-order valence-corrected chi connectivity index (χ4v) is 1.69. The van der Waals surface area contributed by atoms with Crippen LogP contribution in [-0.4, -0.2) is 21.2 Å². The lowest BCUT2D eigenvalue weighted by Gasteiger charge is -2.11. The molecule has 0 atom stereocenters. The highest BCUT2D eigenvalue weighted by molar-refractivity contribution is 7.98. The summed E-state index contributed by atoms with van der Waals surface area (Å²) in [6, 6.07) is 0. The minimum Gasteiger partial charge on any atom is -0.368 e. The summed E-state index contributed by atoms with van der Waals surface area (Å²) < 4.78 is 0. The Morgan fingerprint density at radius 3 is 2.36 bits per heavy atom. The standard InChI is InChI=1S/C9H16N4S/c1-4-6(5-2)7-11-8(10)13-9(12-7)14-3/h6H,4-5H2,1-3H3,(H2,10,11,12,13). The summed E-state index contributed by atoms with van der Waals surface area (Å²) in [7, 11) is 0. The van der Waals surface area contributed by atoms with E-state index in [0.717, 1.165) is 18.7 Å². The molecular formula is C9H16N4S. The van der Waals surface area contributed by atoms with Crippen molar-refractivity contribution in [3.05, 3.63) is 5.82 Å². The molecule has 0 radical (unpaired) electrons. The molecular weight excluding hydrogens is 196 g/mol. The van der Waals surface area contributed by atoms with Gasteiger partial charge in [-0.3, -0.25) is 0 Å². The molecule has 0 aliphatic rings. The van der Waals surface area contributed by atoms with Gasteiger partial charge < -0.3 is 5.73 Å². The fraction of sp³-hybridized carbons (Fsp3) is 0.667. The SMILES string of the molecule is CCC(CC)c1nc(N)nc(SC)n1. The molecule has 0 aliphatic heterocycles. The molecule has 0 unspecified atom stereocenters.